The molecule has 2 aromatic rings. The molecule has 0 aromatic heterocycles. The lowest BCUT2D eigenvalue weighted by Crippen LogP contribution is -2.47. The van der Waals surface area contributed by atoms with Crippen molar-refractivity contribution >= 4 is 19.7 Å². The number of hydrogen-bond acceptors (Lipinski definition) is 7. The van der Waals surface area contributed by atoms with E-state index in [1.165, 1.54) is 12.1 Å². The first-order valence-corrected chi connectivity index (χ1v) is 14.2. The number of sulfone groups is 2. The molecule has 32 heavy (non-hydrogen) atoms. The fraction of sp³-hybridized carbons (Fsp3) is 0.478. The molecule has 1 N–H and O–H groups in total. The highest BCUT2D eigenvalue weighted by atomic mass is 32.2. The van der Waals surface area contributed by atoms with Crippen molar-refractivity contribution in [3.63, 3.8) is 0 Å². The Morgan fingerprint density at radius 1 is 1.03 bits per heavy atom. The molecule has 1 aliphatic rings. The second kappa shape index (κ2) is 10.3. The van der Waals surface area contributed by atoms with Gasteiger partial charge in [-0.3, -0.25) is 4.90 Å². The van der Waals surface area contributed by atoms with Crippen LogP contribution in [0, 0.1) is 0 Å². The summed E-state index contributed by atoms with van der Waals surface area (Å²) < 4.78 is 56.6. The Hall–Kier alpha value is -1.94. The van der Waals surface area contributed by atoms with Gasteiger partial charge >= 0.3 is 0 Å². The topological polar surface area (TPSA) is 92.8 Å². The first-order valence-electron chi connectivity index (χ1n) is 10.8. The van der Waals surface area contributed by atoms with Gasteiger partial charge in [-0.05, 0) is 42.9 Å². The van der Waals surface area contributed by atoms with Crippen molar-refractivity contribution in [3.8, 4) is 5.75 Å². The Morgan fingerprint density at radius 3 is 2.22 bits per heavy atom. The van der Waals surface area contributed by atoms with Gasteiger partial charge in [-0.15, -0.1) is 0 Å². The van der Waals surface area contributed by atoms with E-state index in [-0.39, 0.29) is 22.4 Å². The summed E-state index contributed by atoms with van der Waals surface area (Å²) in [5.41, 5.74) is 1.06. The van der Waals surface area contributed by atoms with Crippen molar-refractivity contribution in [2.45, 2.75) is 36.1 Å². The van der Waals surface area contributed by atoms with Crippen molar-refractivity contribution in [2.75, 3.05) is 38.2 Å². The number of likely N-dealkylation sites (N-methyl/N-ethyl adjacent to an activating group) is 1. The molecule has 1 aliphatic heterocycles. The molecule has 0 bridgehead atoms. The van der Waals surface area contributed by atoms with Crippen molar-refractivity contribution < 1.29 is 21.6 Å². The standard InChI is InChI=1S/C23H32N2O5S2/c1-4-25(5-2)22(18-11-13-19(30-3)14-12-18)15-24-21-16-31(26,27)17-23(21)32(28,29)20-9-7-6-8-10-20/h6-14,21-24H,4-5,15-17H2,1-3H3/t21-,22?,23-/m0/s1. The molecule has 3 atom stereocenters. The maximum absolute atomic E-state index is 13.2. The molecule has 1 saturated heterocycles. The molecule has 1 unspecified atom stereocenters. The SMILES string of the molecule is CCN(CC)C(CN[C@H]1CS(=O)(=O)C[C@@H]1S(=O)(=O)c1ccccc1)c1ccc(OC)cc1. The molecule has 2 aromatic carbocycles. The summed E-state index contributed by atoms with van der Waals surface area (Å²) in [7, 11) is -5.63. The molecular formula is C23H32N2O5S2. The van der Waals surface area contributed by atoms with E-state index in [4.69, 9.17) is 4.74 Å². The van der Waals surface area contributed by atoms with Crippen LogP contribution < -0.4 is 10.1 Å². The number of methoxy groups -OCH3 is 1. The maximum Gasteiger partial charge on any atom is 0.183 e. The molecule has 0 aliphatic carbocycles. The molecule has 9 heteroatoms. The molecule has 0 spiro atoms. The van der Waals surface area contributed by atoms with Gasteiger partial charge in [-0.25, -0.2) is 16.8 Å². The molecule has 176 valence electrons. The molecule has 1 fully saturated rings. The highest BCUT2D eigenvalue weighted by Gasteiger charge is 2.45. The van der Waals surface area contributed by atoms with Gasteiger partial charge in [0.1, 0.15) is 5.75 Å². The minimum absolute atomic E-state index is 0.0284. The summed E-state index contributed by atoms with van der Waals surface area (Å²) in [5.74, 6) is 0.216. The van der Waals surface area contributed by atoms with Gasteiger partial charge in [0.25, 0.3) is 0 Å². The third-order valence-electron chi connectivity index (χ3n) is 6.10. The van der Waals surface area contributed by atoms with Crippen LogP contribution in [-0.4, -0.2) is 71.3 Å². The van der Waals surface area contributed by atoms with Crippen molar-refractivity contribution in [1.29, 1.82) is 0 Å². The highest BCUT2D eigenvalue weighted by molar-refractivity contribution is 7.96. The normalized spacial score (nSPS) is 21.5. The summed E-state index contributed by atoms with van der Waals surface area (Å²) in [6, 6.07) is 15.2. The number of nitrogens with one attached hydrogen (secondary N) is 1. The van der Waals surface area contributed by atoms with Crippen molar-refractivity contribution in [2.24, 2.45) is 0 Å². The Labute approximate surface area is 191 Å². The molecule has 1 heterocycles. The van der Waals surface area contributed by atoms with E-state index in [2.05, 4.69) is 24.1 Å². The predicted molar refractivity (Wildman–Crippen MR) is 127 cm³/mol. The molecule has 0 radical (unpaired) electrons. The lowest BCUT2D eigenvalue weighted by molar-refractivity contribution is 0.209. The van der Waals surface area contributed by atoms with Gasteiger partial charge < -0.3 is 10.1 Å². The lowest BCUT2D eigenvalue weighted by Gasteiger charge is -2.32. The maximum atomic E-state index is 13.2. The summed E-state index contributed by atoms with van der Waals surface area (Å²) in [4.78, 5) is 2.42. The number of nitrogens with zero attached hydrogens (tertiary/aromatic N) is 1. The summed E-state index contributed by atoms with van der Waals surface area (Å²) in [5, 5.41) is 2.30. The zero-order valence-corrected chi connectivity index (χ0v) is 20.4. The number of benzene rings is 2. The van der Waals surface area contributed by atoms with Gasteiger partial charge in [0.2, 0.25) is 0 Å². The second-order valence-corrected chi connectivity index (χ2v) is 12.3. The Kier molecular flexibility index (Phi) is 7.97. The van der Waals surface area contributed by atoms with E-state index < -0.39 is 31.0 Å². The summed E-state index contributed by atoms with van der Waals surface area (Å²) >= 11 is 0. The van der Waals surface area contributed by atoms with Crippen molar-refractivity contribution in [1.82, 2.24) is 10.2 Å². The smallest absolute Gasteiger partial charge is 0.183 e. The average Bonchev–Trinajstić information content (AvgIpc) is 3.12. The lowest BCUT2D eigenvalue weighted by atomic mass is 10.0. The van der Waals surface area contributed by atoms with Crippen LogP contribution in [0.3, 0.4) is 0 Å². The van der Waals surface area contributed by atoms with E-state index >= 15 is 0 Å². The van der Waals surface area contributed by atoms with Crippen molar-refractivity contribution in [3.05, 3.63) is 60.2 Å². The first-order chi connectivity index (χ1) is 15.2. The summed E-state index contributed by atoms with van der Waals surface area (Å²) in [6.45, 7) is 6.20. The van der Waals surface area contributed by atoms with Crippen LogP contribution in [0.1, 0.15) is 25.5 Å². The average molecular weight is 481 g/mol. The fourth-order valence-corrected chi connectivity index (χ4v) is 9.05. The first kappa shape index (κ1) is 24.7. The molecule has 3 rings (SSSR count). The molecular weight excluding hydrogens is 448 g/mol. The van der Waals surface area contributed by atoms with E-state index in [1.807, 2.05) is 24.3 Å². The van der Waals surface area contributed by atoms with Gasteiger partial charge in [-0.2, -0.15) is 0 Å². The largest absolute Gasteiger partial charge is 0.497 e. The predicted octanol–water partition coefficient (Wildman–Crippen LogP) is 2.31. The number of hydrogen-bond donors (Lipinski definition) is 1. The highest BCUT2D eigenvalue weighted by Crippen LogP contribution is 2.28. The minimum Gasteiger partial charge on any atom is -0.497 e. The minimum atomic E-state index is -3.78. The van der Waals surface area contributed by atoms with Gasteiger partial charge in [0.15, 0.2) is 19.7 Å². The van der Waals surface area contributed by atoms with Crippen LogP contribution in [0.15, 0.2) is 59.5 Å². The third kappa shape index (κ3) is 5.51. The van der Waals surface area contributed by atoms with E-state index in [0.717, 1.165) is 24.4 Å². The summed E-state index contributed by atoms with van der Waals surface area (Å²) in [6.07, 6.45) is 0. The fourth-order valence-electron chi connectivity index (χ4n) is 4.31. The number of rotatable bonds is 10. The third-order valence-corrected chi connectivity index (χ3v) is 10.3. The molecule has 0 amide bonds. The quantitative estimate of drug-likeness (QED) is 0.558. The second-order valence-electron chi connectivity index (χ2n) is 8.00. The van der Waals surface area contributed by atoms with Crippen LogP contribution in [0.25, 0.3) is 0 Å². The van der Waals surface area contributed by atoms with E-state index in [0.29, 0.717) is 6.54 Å². The van der Waals surface area contributed by atoms with Gasteiger partial charge in [0, 0.05) is 18.6 Å². The monoisotopic (exact) mass is 480 g/mol. The number of ether oxygens (including phenoxy) is 1. The Morgan fingerprint density at radius 2 is 1.66 bits per heavy atom. The zero-order chi connectivity index (χ0) is 23.4. The molecule has 0 saturated carbocycles. The Balaban J connectivity index is 1.86. The van der Waals surface area contributed by atoms with Crippen LogP contribution in [0.4, 0.5) is 0 Å². The Bertz CT molecular complexity index is 1080. The van der Waals surface area contributed by atoms with E-state index in [1.54, 1.807) is 25.3 Å². The van der Waals surface area contributed by atoms with E-state index in [9.17, 15) is 16.8 Å². The van der Waals surface area contributed by atoms with Crippen LogP contribution in [0.2, 0.25) is 0 Å². The zero-order valence-electron chi connectivity index (χ0n) is 18.8. The van der Waals surface area contributed by atoms with Gasteiger partial charge in [-0.1, -0.05) is 44.2 Å². The van der Waals surface area contributed by atoms with Gasteiger partial charge in [0.05, 0.1) is 28.8 Å². The van der Waals surface area contributed by atoms with Crippen LogP contribution in [0.5, 0.6) is 5.75 Å². The van der Waals surface area contributed by atoms with Crippen LogP contribution in [-0.2, 0) is 19.7 Å². The van der Waals surface area contributed by atoms with Crippen LogP contribution >= 0.6 is 0 Å². The molecule has 7 nitrogen and oxygen atoms in total.